The Morgan fingerprint density at radius 3 is 2.48 bits per heavy atom. The molecule has 0 bridgehead atoms. The number of ether oxygens (including phenoxy) is 1. The van der Waals surface area contributed by atoms with Crippen molar-refractivity contribution in [3.05, 3.63) is 42.0 Å². The van der Waals surface area contributed by atoms with Crippen molar-refractivity contribution in [1.82, 2.24) is 10.6 Å². The van der Waals surface area contributed by atoms with E-state index in [0.717, 1.165) is 45.2 Å². The van der Waals surface area contributed by atoms with E-state index in [-0.39, 0.29) is 0 Å². The van der Waals surface area contributed by atoms with Crippen LogP contribution in [0.2, 0.25) is 0 Å². The van der Waals surface area contributed by atoms with Crippen molar-refractivity contribution in [2.45, 2.75) is 39.2 Å². The second kappa shape index (κ2) is 9.79. The van der Waals surface area contributed by atoms with Crippen LogP contribution in [-0.2, 0) is 11.3 Å². The fourth-order valence-corrected chi connectivity index (χ4v) is 3.79. The lowest BCUT2D eigenvalue weighted by atomic mass is 9.67. The summed E-state index contributed by atoms with van der Waals surface area (Å²) >= 11 is 0. The van der Waals surface area contributed by atoms with Crippen LogP contribution in [0.1, 0.15) is 38.2 Å². The molecule has 3 rings (SSSR count). The number of anilines is 1. The van der Waals surface area contributed by atoms with Gasteiger partial charge in [-0.3, -0.25) is 0 Å². The number of methoxy groups -OCH3 is 1. The summed E-state index contributed by atoms with van der Waals surface area (Å²) in [5.74, 6) is 0.911. The minimum absolute atomic E-state index is 0.387. The first-order valence-corrected chi connectivity index (χ1v) is 10.2. The Kier molecular flexibility index (Phi) is 7.16. The molecule has 1 heterocycles. The minimum atomic E-state index is 0.387. The number of hydrogen-bond acceptors (Lipinski definition) is 3. The molecule has 2 aliphatic rings. The summed E-state index contributed by atoms with van der Waals surface area (Å²) in [6, 6.07) is 8.78. The average molecular weight is 371 g/mol. The van der Waals surface area contributed by atoms with Gasteiger partial charge in [0.2, 0.25) is 0 Å². The molecule has 0 spiro atoms. The van der Waals surface area contributed by atoms with Crippen LogP contribution in [0.3, 0.4) is 0 Å². The SMILES string of the molecule is CCNC(=NCc1ccc(N2CC=CC2)cc1)NCC1(CCOC)CCC1. The molecule has 5 heteroatoms. The van der Waals surface area contributed by atoms with E-state index in [2.05, 4.69) is 58.9 Å². The summed E-state index contributed by atoms with van der Waals surface area (Å²) in [7, 11) is 1.79. The van der Waals surface area contributed by atoms with Gasteiger partial charge in [-0.2, -0.15) is 0 Å². The molecule has 0 aromatic heterocycles. The summed E-state index contributed by atoms with van der Waals surface area (Å²) in [6.45, 7) is 7.52. The molecule has 2 N–H and O–H groups in total. The number of nitrogens with one attached hydrogen (secondary N) is 2. The highest BCUT2D eigenvalue weighted by Crippen LogP contribution is 2.43. The van der Waals surface area contributed by atoms with Gasteiger partial charge in [0, 0.05) is 45.6 Å². The van der Waals surface area contributed by atoms with E-state index in [1.54, 1.807) is 7.11 Å². The van der Waals surface area contributed by atoms with Gasteiger partial charge in [0.25, 0.3) is 0 Å². The standard InChI is InChI=1S/C22H34N4O/c1-3-23-21(25-18-22(11-6-12-22)13-16-27-2)24-17-19-7-9-20(10-8-19)26-14-4-5-15-26/h4-5,7-10H,3,6,11-18H2,1-2H3,(H2,23,24,25). The van der Waals surface area contributed by atoms with Crippen LogP contribution < -0.4 is 15.5 Å². The molecule has 1 saturated carbocycles. The molecule has 1 aromatic carbocycles. The molecule has 1 aliphatic carbocycles. The molecule has 0 unspecified atom stereocenters. The molecular weight excluding hydrogens is 336 g/mol. The molecule has 27 heavy (non-hydrogen) atoms. The maximum atomic E-state index is 5.30. The first kappa shape index (κ1) is 19.7. The van der Waals surface area contributed by atoms with Crippen molar-refractivity contribution in [1.29, 1.82) is 0 Å². The topological polar surface area (TPSA) is 48.9 Å². The van der Waals surface area contributed by atoms with Crippen molar-refractivity contribution in [3.8, 4) is 0 Å². The number of rotatable bonds is 9. The Morgan fingerprint density at radius 1 is 1.15 bits per heavy atom. The van der Waals surface area contributed by atoms with Gasteiger partial charge in [-0.05, 0) is 49.3 Å². The molecule has 0 radical (unpaired) electrons. The third-order valence-corrected chi connectivity index (χ3v) is 5.77. The lowest BCUT2D eigenvalue weighted by molar-refractivity contribution is 0.0732. The van der Waals surface area contributed by atoms with Crippen LogP contribution in [0, 0.1) is 5.41 Å². The van der Waals surface area contributed by atoms with Gasteiger partial charge in [-0.25, -0.2) is 4.99 Å². The largest absolute Gasteiger partial charge is 0.385 e. The second-order valence-electron chi connectivity index (χ2n) is 7.69. The van der Waals surface area contributed by atoms with Gasteiger partial charge in [-0.15, -0.1) is 0 Å². The molecule has 1 fully saturated rings. The van der Waals surface area contributed by atoms with Crippen LogP contribution in [0.5, 0.6) is 0 Å². The van der Waals surface area contributed by atoms with E-state index in [0.29, 0.717) is 12.0 Å². The maximum Gasteiger partial charge on any atom is 0.191 e. The third kappa shape index (κ3) is 5.48. The monoisotopic (exact) mass is 370 g/mol. The second-order valence-corrected chi connectivity index (χ2v) is 7.69. The number of guanidine groups is 1. The van der Waals surface area contributed by atoms with Crippen molar-refractivity contribution in [2.24, 2.45) is 10.4 Å². The Hall–Kier alpha value is -2.01. The predicted octanol–water partition coefficient (Wildman–Crippen LogP) is 3.32. The highest BCUT2D eigenvalue weighted by Gasteiger charge is 2.36. The van der Waals surface area contributed by atoms with Crippen LogP contribution in [0.4, 0.5) is 5.69 Å². The highest BCUT2D eigenvalue weighted by atomic mass is 16.5. The molecule has 5 nitrogen and oxygen atoms in total. The summed E-state index contributed by atoms with van der Waals surface area (Å²) in [4.78, 5) is 7.15. The zero-order valence-electron chi connectivity index (χ0n) is 16.8. The highest BCUT2D eigenvalue weighted by molar-refractivity contribution is 5.79. The van der Waals surface area contributed by atoms with Gasteiger partial charge in [0.15, 0.2) is 5.96 Å². The molecule has 0 atom stereocenters. The smallest absolute Gasteiger partial charge is 0.191 e. The number of aliphatic imine (C=N–C) groups is 1. The predicted molar refractivity (Wildman–Crippen MR) is 113 cm³/mol. The van der Waals surface area contributed by atoms with E-state index >= 15 is 0 Å². The van der Waals surface area contributed by atoms with E-state index in [1.165, 1.54) is 30.5 Å². The van der Waals surface area contributed by atoms with Crippen LogP contribution in [0.15, 0.2) is 41.4 Å². The zero-order valence-corrected chi connectivity index (χ0v) is 16.8. The lowest BCUT2D eigenvalue weighted by Crippen LogP contribution is -2.46. The summed E-state index contributed by atoms with van der Waals surface area (Å²) in [6.07, 6.45) is 9.47. The van der Waals surface area contributed by atoms with Crippen molar-refractivity contribution in [2.75, 3.05) is 44.8 Å². The normalized spacial score (nSPS) is 18.4. The van der Waals surface area contributed by atoms with Crippen LogP contribution in [0.25, 0.3) is 0 Å². The zero-order chi connectivity index (χ0) is 19.0. The number of hydrogen-bond donors (Lipinski definition) is 2. The average Bonchev–Trinajstić information content (AvgIpc) is 3.20. The molecule has 148 valence electrons. The van der Waals surface area contributed by atoms with Crippen LogP contribution in [-0.4, -0.2) is 45.9 Å². The Bertz CT molecular complexity index is 626. The summed E-state index contributed by atoms with van der Waals surface area (Å²) in [5, 5.41) is 6.94. The molecule has 0 saturated heterocycles. The minimum Gasteiger partial charge on any atom is -0.385 e. The van der Waals surface area contributed by atoms with Gasteiger partial charge >= 0.3 is 0 Å². The van der Waals surface area contributed by atoms with Gasteiger partial charge in [-0.1, -0.05) is 30.7 Å². The third-order valence-electron chi connectivity index (χ3n) is 5.77. The quantitative estimate of drug-likeness (QED) is 0.398. The maximum absolute atomic E-state index is 5.30. The van der Waals surface area contributed by atoms with E-state index in [9.17, 15) is 0 Å². The molecule has 1 aliphatic heterocycles. The molecule has 0 amide bonds. The number of benzene rings is 1. The summed E-state index contributed by atoms with van der Waals surface area (Å²) in [5.41, 5.74) is 2.90. The Morgan fingerprint density at radius 2 is 1.89 bits per heavy atom. The van der Waals surface area contributed by atoms with Crippen molar-refractivity contribution in [3.63, 3.8) is 0 Å². The Labute approximate surface area is 163 Å². The van der Waals surface area contributed by atoms with E-state index in [4.69, 9.17) is 9.73 Å². The van der Waals surface area contributed by atoms with Crippen molar-refractivity contribution >= 4 is 11.6 Å². The first-order chi connectivity index (χ1) is 13.2. The van der Waals surface area contributed by atoms with Gasteiger partial charge in [0.05, 0.1) is 6.54 Å². The number of nitrogens with zero attached hydrogens (tertiary/aromatic N) is 2. The first-order valence-electron chi connectivity index (χ1n) is 10.2. The van der Waals surface area contributed by atoms with Crippen LogP contribution >= 0.6 is 0 Å². The van der Waals surface area contributed by atoms with E-state index in [1.807, 2.05) is 0 Å². The fraction of sp³-hybridized carbons (Fsp3) is 0.591. The fourth-order valence-electron chi connectivity index (χ4n) is 3.79. The van der Waals surface area contributed by atoms with E-state index < -0.39 is 0 Å². The van der Waals surface area contributed by atoms with Gasteiger partial charge < -0.3 is 20.3 Å². The molecular formula is C22H34N4O. The Balaban J connectivity index is 1.53. The van der Waals surface area contributed by atoms with Gasteiger partial charge in [0.1, 0.15) is 0 Å². The summed E-state index contributed by atoms with van der Waals surface area (Å²) < 4.78 is 5.30. The van der Waals surface area contributed by atoms with Crippen molar-refractivity contribution < 1.29 is 4.74 Å². The molecule has 1 aromatic rings. The lowest BCUT2D eigenvalue weighted by Gasteiger charge is -2.42.